The van der Waals surface area contributed by atoms with Gasteiger partial charge in [0, 0.05) is 12.1 Å². The van der Waals surface area contributed by atoms with Crippen LogP contribution >= 0.6 is 0 Å². The molecule has 0 spiro atoms. The number of hydrogen-bond donors (Lipinski definition) is 0. The van der Waals surface area contributed by atoms with Gasteiger partial charge >= 0.3 is 0 Å². The summed E-state index contributed by atoms with van der Waals surface area (Å²) in [6.07, 6.45) is 2.09. The van der Waals surface area contributed by atoms with E-state index in [0.29, 0.717) is 11.3 Å². The van der Waals surface area contributed by atoms with Crippen molar-refractivity contribution in [1.29, 1.82) is 5.26 Å². The van der Waals surface area contributed by atoms with E-state index in [2.05, 4.69) is 13.8 Å². The molecule has 1 saturated heterocycles. The van der Waals surface area contributed by atoms with Crippen molar-refractivity contribution in [3.63, 3.8) is 0 Å². The van der Waals surface area contributed by atoms with Crippen LogP contribution in [0, 0.1) is 11.3 Å². The molecule has 0 aromatic heterocycles. The minimum absolute atomic E-state index is 0.0202. The number of ether oxygens (including phenoxy) is 1. The molecule has 19 heavy (non-hydrogen) atoms. The van der Waals surface area contributed by atoms with Gasteiger partial charge in [-0.15, -0.1) is 0 Å². The van der Waals surface area contributed by atoms with E-state index in [0.717, 1.165) is 19.4 Å². The maximum atomic E-state index is 12.1. The minimum Gasteiger partial charge on any atom is -0.484 e. The minimum atomic E-state index is -0.0644. The van der Waals surface area contributed by atoms with E-state index in [4.69, 9.17) is 10.00 Å². The first-order chi connectivity index (χ1) is 9.03. The summed E-state index contributed by atoms with van der Waals surface area (Å²) in [5, 5.41) is 8.70. The third-order valence-corrected chi connectivity index (χ3v) is 3.55. The molecule has 1 fully saturated rings. The molecular formula is C15H18N2O2. The van der Waals surface area contributed by atoms with Crippen molar-refractivity contribution in [3.05, 3.63) is 29.8 Å². The number of likely N-dealkylation sites (tertiary alicyclic amines) is 1. The summed E-state index contributed by atoms with van der Waals surface area (Å²) in [7, 11) is 0. The van der Waals surface area contributed by atoms with Gasteiger partial charge in [0.2, 0.25) is 0 Å². The summed E-state index contributed by atoms with van der Waals surface area (Å²) < 4.78 is 5.47. The van der Waals surface area contributed by atoms with Crippen LogP contribution in [0.4, 0.5) is 0 Å². The number of carbonyl (C=O) groups excluding carboxylic acids is 1. The fourth-order valence-electron chi connectivity index (χ4n) is 2.42. The van der Waals surface area contributed by atoms with Crippen LogP contribution in [0.2, 0.25) is 0 Å². The maximum Gasteiger partial charge on any atom is 0.260 e. The second kappa shape index (κ2) is 5.31. The average Bonchev–Trinajstić information content (AvgIpc) is 2.76. The van der Waals surface area contributed by atoms with Gasteiger partial charge < -0.3 is 9.64 Å². The second-order valence-corrected chi connectivity index (χ2v) is 5.39. The lowest BCUT2D eigenvalue weighted by molar-refractivity contribution is -0.136. The van der Waals surface area contributed by atoms with Crippen molar-refractivity contribution in [2.45, 2.75) is 32.2 Å². The average molecular weight is 258 g/mol. The van der Waals surface area contributed by atoms with Gasteiger partial charge in [-0.2, -0.15) is 5.26 Å². The van der Waals surface area contributed by atoms with Crippen LogP contribution in [0.15, 0.2) is 24.3 Å². The molecule has 1 aliphatic rings. The summed E-state index contributed by atoms with van der Waals surface area (Å²) in [5.74, 6) is 0.635. The van der Waals surface area contributed by atoms with E-state index in [-0.39, 0.29) is 18.1 Å². The third-order valence-electron chi connectivity index (χ3n) is 3.55. The van der Waals surface area contributed by atoms with E-state index in [9.17, 15) is 4.79 Å². The van der Waals surface area contributed by atoms with E-state index in [1.807, 2.05) is 11.0 Å². The van der Waals surface area contributed by atoms with Crippen molar-refractivity contribution in [2.75, 3.05) is 13.2 Å². The zero-order valence-electron chi connectivity index (χ0n) is 11.3. The molecule has 1 aliphatic heterocycles. The Balaban J connectivity index is 1.91. The highest BCUT2D eigenvalue weighted by Gasteiger charge is 2.35. The molecule has 0 radical (unpaired) electrons. The van der Waals surface area contributed by atoms with Gasteiger partial charge in [0.1, 0.15) is 5.75 Å². The van der Waals surface area contributed by atoms with E-state index >= 15 is 0 Å². The number of nitriles is 1. The van der Waals surface area contributed by atoms with Gasteiger partial charge in [0.05, 0.1) is 11.6 Å². The van der Waals surface area contributed by atoms with Crippen LogP contribution in [0.1, 0.15) is 32.3 Å². The number of rotatable bonds is 3. The highest BCUT2D eigenvalue weighted by atomic mass is 16.5. The van der Waals surface area contributed by atoms with Crippen LogP contribution in [0.3, 0.4) is 0 Å². The summed E-state index contributed by atoms with van der Waals surface area (Å²) in [6, 6.07) is 8.82. The van der Waals surface area contributed by atoms with Crippen molar-refractivity contribution in [2.24, 2.45) is 0 Å². The molecule has 1 aromatic carbocycles. The quantitative estimate of drug-likeness (QED) is 0.836. The number of nitrogens with zero attached hydrogens (tertiary/aromatic N) is 2. The number of benzene rings is 1. The van der Waals surface area contributed by atoms with Gasteiger partial charge in [-0.25, -0.2) is 0 Å². The molecule has 1 heterocycles. The van der Waals surface area contributed by atoms with Crippen molar-refractivity contribution in [3.8, 4) is 11.8 Å². The van der Waals surface area contributed by atoms with Crippen LogP contribution in [-0.4, -0.2) is 29.5 Å². The Morgan fingerprint density at radius 3 is 2.63 bits per heavy atom. The zero-order valence-corrected chi connectivity index (χ0v) is 11.3. The molecule has 0 bridgehead atoms. The Hall–Kier alpha value is -2.02. The number of amides is 1. The molecule has 4 heteroatoms. The Bertz CT molecular complexity index is 500. The molecule has 0 N–H and O–H groups in total. The molecule has 4 nitrogen and oxygen atoms in total. The monoisotopic (exact) mass is 258 g/mol. The number of hydrogen-bond acceptors (Lipinski definition) is 3. The van der Waals surface area contributed by atoms with Crippen molar-refractivity contribution in [1.82, 2.24) is 4.90 Å². The van der Waals surface area contributed by atoms with E-state index in [1.54, 1.807) is 24.3 Å². The van der Waals surface area contributed by atoms with Gasteiger partial charge in [-0.1, -0.05) is 0 Å². The molecule has 2 rings (SSSR count). The van der Waals surface area contributed by atoms with E-state index in [1.165, 1.54) is 0 Å². The van der Waals surface area contributed by atoms with Gasteiger partial charge in [-0.05, 0) is 51.0 Å². The highest BCUT2D eigenvalue weighted by molar-refractivity contribution is 5.78. The molecular weight excluding hydrogens is 240 g/mol. The summed E-state index contributed by atoms with van der Waals surface area (Å²) in [5.41, 5.74) is 0.518. The summed E-state index contributed by atoms with van der Waals surface area (Å²) >= 11 is 0. The molecule has 0 atom stereocenters. The van der Waals surface area contributed by atoms with Crippen molar-refractivity contribution < 1.29 is 9.53 Å². The lowest BCUT2D eigenvalue weighted by Crippen LogP contribution is -2.44. The van der Waals surface area contributed by atoms with Gasteiger partial charge in [-0.3, -0.25) is 4.79 Å². The topological polar surface area (TPSA) is 53.3 Å². The first-order valence-corrected chi connectivity index (χ1v) is 6.46. The Morgan fingerprint density at radius 2 is 2.11 bits per heavy atom. The van der Waals surface area contributed by atoms with Crippen LogP contribution in [-0.2, 0) is 4.79 Å². The second-order valence-electron chi connectivity index (χ2n) is 5.39. The van der Waals surface area contributed by atoms with E-state index < -0.39 is 0 Å². The number of carbonyl (C=O) groups is 1. The summed E-state index contributed by atoms with van der Waals surface area (Å²) in [4.78, 5) is 14.0. The first-order valence-electron chi connectivity index (χ1n) is 6.46. The fourth-order valence-corrected chi connectivity index (χ4v) is 2.42. The van der Waals surface area contributed by atoms with Crippen LogP contribution in [0.25, 0.3) is 0 Å². The zero-order chi connectivity index (χ0) is 13.9. The predicted molar refractivity (Wildman–Crippen MR) is 71.7 cm³/mol. The molecule has 1 aromatic rings. The van der Waals surface area contributed by atoms with Crippen molar-refractivity contribution >= 4 is 5.91 Å². The molecule has 0 aliphatic carbocycles. The van der Waals surface area contributed by atoms with Gasteiger partial charge in [0.25, 0.3) is 5.91 Å². The predicted octanol–water partition coefficient (Wildman–Crippen LogP) is 2.34. The normalized spacial score (nSPS) is 17.0. The Kier molecular flexibility index (Phi) is 3.75. The van der Waals surface area contributed by atoms with Crippen LogP contribution < -0.4 is 4.74 Å². The lowest BCUT2D eigenvalue weighted by Gasteiger charge is -2.31. The highest BCUT2D eigenvalue weighted by Crippen LogP contribution is 2.28. The Labute approximate surface area is 113 Å². The fraction of sp³-hybridized carbons (Fsp3) is 0.467. The Morgan fingerprint density at radius 1 is 1.42 bits per heavy atom. The molecule has 1 amide bonds. The maximum absolute atomic E-state index is 12.1. The standard InChI is InChI=1S/C15H18N2O2/c1-15(2)8-3-9-17(15)14(18)11-19-13-6-4-12(10-16)5-7-13/h4-7H,3,8-9,11H2,1-2H3. The molecule has 0 saturated carbocycles. The SMILES string of the molecule is CC1(C)CCCN1C(=O)COc1ccc(C#N)cc1. The molecule has 100 valence electrons. The van der Waals surface area contributed by atoms with Gasteiger partial charge in [0.15, 0.2) is 6.61 Å². The lowest BCUT2D eigenvalue weighted by atomic mass is 10.0. The summed E-state index contributed by atoms with van der Waals surface area (Å²) in [6.45, 7) is 5.02. The molecule has 0 unspecified atom stereocenters. The first kappa shape index (κ1) is 13.4. The smallest absolute Gasteiger partial charge is 0.260 e. The third kappa shape index (κ3) is 3.05. The largest absolute Gasteiger partial charge is 0.484 e. The van der Waals surface area contributed by atoms with Crippen LogP contribution in [0.5, 0.6) is 5.75 Å².